The molecular formula is C18H13F3N4O6. The van der Waals surface area contributed by atoms with Crippen molar-refractivity contribution in [3.05, 3.63) is 68.7 Å². The second-order valence-corrected chi connectivity index (χ2v) is 6.25. The highest BCUT2D eigenvalue weighted by Gasteiger charge is 2.28. The van der Waals surface area contributed by atoms with Gasteiger partial charge in [-0.1, -0.05) is 12.1 Å². The number of carbonyl (C=O) groups is 2. The van der Waals surface area contributed by atoms with E-state index in [0.717, 1.165) is 16.7 Å². The van der Waals surface area contributed by atoms with Crippen molar-refractivity contribution in [1.29, 1.82) is 0 Å². The monoisotopic (exact) mass is 438 g/mol. The minimum absolute atomic E-state index is 0.0661. The molecule has 31 heavy (non-hydrogen) atoms. The highest BCUT2D eigenvalue weighted by atomic mass is 19.4. The molecule has 162 valence electrons. The first-order chi connectivity index (χ1) is 14.5. The molecule has 2 aromatic carbocycles. The Hall–Kier alpha value is -4.16. The number of alkyl halides is 3. The van der Waals surface area contributed by atoms with Crippen LogP contribution < -0.4 is 16.4 Å². The molecule has 3 aromatic rings. The minimum atomic E-state index is -4.60. The van der Waals surface area contributed by atoms with Crippen LogP contribution in [0.2, 0.25) is 0 Å². The normalized spacial score (nSPS) is 11.3. The first-order valence-corrected chi connectivity index (χ1v) is 8.57. The summed E-state index contributed by atoms with van der Waals surface area (Å²) in [7, 11) is 0. The van der Waals surface area contributed by atoms with Gasteiger partial charge in [0.2, 0.25) is 5.91 Å². The predicted molar refractivity (Wildman–Crippen MR) is 101 cm³/mol. The Balaban J connectivity index is 1.79. The van der Waals surface area contributed by atoms with Gasteiger partial charge in [0.15, 0.2) is 5.58 Å². The van der Waals surface area contributed by atoms with Crippen LogP contribution in [0.1, 0.15) is 10.4 Å². The number of nitro groups is 1. The van der Waals surface area contributed by atoms with Crippen LogP contribution in [-0.2, 0) is 11.3 Å². The Morgan fingerprint density at radius 3 is 2.55 bits per heavy atom. The summed E-state index contributed by atoms with van der Waals surface area (Å²) in [4.78, 5) is 46.6. The number of anilines is 1. The molecule has 13 heteroatoms. The average molecular weight is 438 g/mol. The highest BCUT2D eigenvalue weighted by molar-refractivity contribution is 6.03. The van der Waals surface area contributed by atoms with Gasteiger partial charge in [-0.2, -0.15) is 13.2 Å². The summed E-state index contributed by atoms with van der Waals surface area (Å²) in [5, 5.41) is 14.9. The Kier molecular flexibility index (Phi) is 5.77. The molecule has 0 aliphatic heterocycles. The maximum Gasteiger partial charge on any atom is 0.420 e. The quantitative estimate of drug-likeness (QED) is 0.448. The van der Waals surface area contributed by atoms with Gasteiger partial charge in [-0.15, -0.1) is 0 Å². The Morgan fingerprint density at radius 2 is 1.87 bits per heavy atom. The number of oxazole rings is 1. The van der Waals surface area contributed by atoms with E-state index >= 15 is 0 Å². The summed E-state index contributed by atoms with van der Waals surface area (Å²) in [5.74, 6) is -2.77. The second-order valence-electron chi connectivity index (χ2n) is 6.25. The van der Waals surface area contributed by atoms with Crippen molar-refractivity contribution < 1.29 is 32.1 Å². The molecule has 2 amide bonds. The lowest BCUT2D eigenvalue weighted by atomic mass is 10.1. The molecule has 0 spiro atoms. The van der Waals surface area contributed by atoms with E-state index in [1.807, 2.05) is 0 Å². The molecule has 0 radical (unpaired) electrons. The van der Waals surface area contributed by atoms with Crippen LogP contribution in [0.3, 0.4) is 0 Å². The summed E-state index contributed by atoms with van der Waals surface area (Å²) >= 11 is 0. The van der Waals surface area contributed by atoms with Gasteiger partial charge in [-0.25, -0.2) is 4.79 Å². The topological polar surface area (TPSA) is 136 Å². The number of amides is 2. The number of nitrogens with zero attached hydrogens (tertiary/aromatic N) is 2. The summed E-state index contributed by atoms with van der Waals surface area (Å²) in [6.07, 6.45) is -4.60. The summed E-state index contributed by atoms with van der Waals surface area (Å²) in [6.45, 7) is -2.11. The zero-order valence-electron chi connectivity index (χ0n) is 15.4. The van der Waals surface area contributed by atoms with E-state index < -0.39 is 41.8 Å². The van der Waals surface area contributed by atoms with Crippen LogP contribution in [0.4, 0.5) is 24.5 Å². The van der Waals surface area contributed by atoms with Crippen LogP contribution >= 0.6 is 0 Å². The van der Waals surface area contributed by atoms with Gasteiger partial charge in [0, 0.05) is 6.07 Å². The molecule has 1 aromatic heterocycles. The zero-order chi connectivity index (χ0) is 22.8. The lowest BCUT2D eigenvalue weighted by molar-refractivity contribution is -0.384. The van der Waals surface area contributed by atoms with Gasteiger partial charge >= 0.3 is 11.9 Å². The number of rotatable bonds is 6. The van der Waals surface area contributed by atoms with E-state index in [1.165, 1.54) is 30.3 Å². The van der Waals surface area contributed by atoms with Crippen LogP contribution in [0.5, 0.6) is 0 Å². The SMILES string of the molecule is O=C(Cn1c(=O)oc2cc([N+](=O)[O-])ccc21)Nc1ccccc1C(=O)NCC(F)(F)F. The van der Waals surface area contributed by atoms with Gasteiger partial charge in [0.25, 0.3) is 11.6 Å². The number of fused-ring (bicyclic) bond motifs is 1. The second kappa shape index (κ2) is 8.30. The number of benzene rings is 2. The fraction of sp³-hybridized carbons (Fsp3) is 0.167. The Labute approximate surface area is 170 Å². The van der Waals surface area contributed by atoms with Crippen molar-refractivity contribution in [2.45, 2.75) is 12.7 Å². The largest absolute Gasteiger partial charge is 0.420 e. The first-order valence-electron chi connectivity index (χ1n) is 8.57. The molecule has 3 rings (SSSR count). The predicted octanol–water partition coefficient (Wildman–Crippen LogP) is 2.43. The number of aromatic nitrogens is 1. The average Bonchev–Trinajstić information content (AvgIpc) is 3.00. The fourth-order valence-electron chi connectivity index (χ4n) is 2.72. The molecule has 10 nitrogen and oxygen atoms in total. The molecule has 0 saturated carbocycles. The third kappa shape index (κ3) is 5.07. The van der Waals surface area contributed by atoms with Crippen LogP contribution in [-0.4, -0.2) is 34.0 Å². The molecule has 0 bridgehead atoms. The van der Waals surface area contributed by atoms with Gasteiger partial charge in [0.1, 0.15) is 13.1 Å². The van der Waals surface area contributed by atoms with Gasteiger partial charge < -0.3 is 15.1 Å². The Bertz CT molecular complexity index is 1230. The number of hydrogen-bond acceptors (Lipinski definition) is 6. The number of nitro benzene ring substituents is 1. The smallest absolute Gasteiger partial charge is 0.407 e. The number of hydrogen-bond donors (Lipinski definition) is 2. The summed E-state index contributed by atoms with van der Waals surface area (Å²) in [6, 6.07) is 8.79. The Morgan fingerprint density at radius 1 is 1.16 bits per heavy atom. The van der Waals surface area contributed by atoms with E-state index in [-0.39, 0.29) is 28.0 Å². The van der Waals surface area contributed by atoms with Crippen LogP contribution in [0.15, 0.2) is 51.7 Å². The van der Waals surface area contributed by atoms with Gasteiger partial charge in [-0.3, -0.25) is 24.3 Å². The van der Waals surface area contributed by atoms with E-state index in [1.54, 1.807) is 5.32 Å². The number of non-ortho nitro benzene ring substituents is 1. The van der Waals surface area contributed by atoms with Crippen molar-refractivity contribution in [3.63, 3.8) is 0 Å². The third-order valence-corrected chi connectivity index (χ3v) is 4.06. The summed E-state index contributed by atoms with van der Waals surface area (Å²) in [5.41, 5.74) is -0.554. The van der Waals surface area contributed by atoms with Crippen LogP contribution in [0, 0.1) is 10.1 Å². The van der Waals surface area contributed by atoms with E-state index in [4.69, 9.17) is 4.42 Å². The molecular weight excluding hydrogens is 425 g/mol. The third-order valence-electron chi connectivity index (χ3n) is 4.06. The van der Waals surface area contributed by atoms with E-state index in [2.05, 4.69) is 5.32 Å². The molecule has 0 saturated heterocycles. The van der Waals surface area contributed by atoms with Gasteiger partial charge in [-0.05, 0) is 18.2 Å². The molecule has 0 aliphatic rings. The maximum absolute atomic E-state index is 12.4. The number of para-hydroxylation sites is 1. The minimum Gasteiger partial charge on any atom is -0.407 e. The summed E-state index contributed by atoms with van der Waals surface area (Å²) < 4.78 is 42.8. The lowest BCUT2D eigenvalue weighted by Crippen LogP contribution is -2.34. The molecule has 1 heterocycles. The number of halogens is 3. The highest BCUT2D eigenvalue weighted by Crippen LogP contribution is 2.21. The molecule has 0 fully saturated rings. The molecule has 0 unspecified atom stereocenters. The molecule has 0 aliphatic carbocycles. The molecule has 2 N–H and O–H groups in total. The van der Waals surface area contributed by atoms with Gasteiger partial charge in [0.05, 0.1) is 27.8 Å². The van der Waals surface area contributed by atoms with Crippen molar-refractivity contribution in [2.24, 2.45) is 0 Å². The van der Waals surface area contributed by atoms with Crippen molar-refractivity contribution in [3.8, 4) is 0 Å². The standard InChI is InChI=1S/C18H13F3N4O6/c19-18(20,21)9-22-16(27)11-3-1-2-4-12(11)23-15(26)8-24-13-6-5-10(25(29)30)7-14(13)31-17(24)28/h1-7H,8-9H2,(H,22,27)(H,23,26). The number of nitrogens with one attached hydrogen (secondary N) is 2. The van der Waals surface area contributed by atoms with Crippen molar-refractivity contribution in [2.75, 3.05) is 11.9 Å². The van der Waals surface area contributed by atoms with Crippen molar-refractivity contribution in [1.82, 2.24) is 9.88 Å². The van der Waals surface area contributed by atoms with Crippen molar-refractivity contribution >= 4 is 34.3 Å². The lowest BCUT2D eigenvalue weighted by Gasteiger charge is -2.12. The fourth-order valence-corrected chi connectivity index (χ4v) is 2.72. The van der Waals surface area contributed by atoms with E-state index in [0.29, 0.717) is 0 Å². The zero-order valence-corrected chi connectivity index (χ0v) is 15.4. The van der Waals surface area contributed by atoms with Crippen LogP contribution in [0.25, 0.3) is 11.1 Å². The number of carbonyl (C=O) groups excluding carboxylic acids is 2. The van der Waals surface area contributed by atoms with E-state index in [9.17, 15) is 37.7 Å². The first kappa shape index (κ1) is 21.5. The maximum atomic E-state index is 12.4. The molecule has 0 atom stereocenters.